The molecule has 0 aliphatic carbocycles. The van der Waals surface area contributed by atoms with Gasteiger partial charge in [0.2, 0.25) is 5.91 Å². The molecule has 37 heavy (non-hydrogen) atoms. The maximum absolute atomic E-state index is 13.9. The summed E-state index contributed by atoms with van der Waals surface area (Å²) in [7, 11) is 0. The fourth-order valence-electron chi connectivity index (χ4n) is 4.76. The van der Waals surface area contributed by atoms with E-state index in [0.29, 0.717) is 40.3 Å². The average Bonchev–Trinajstić information content (AvgIpc) is 3.45. The van der Waals surface area contributed by atoms with E-state index < -0.39 is 28.6 Å². The van der Waals surface area contributed by atoms with E-state index in [4.69, 9.17) is 0 Å². The molecule has 0 atom stereocenters. The van der Waals surface area contributed by atoms with Crippen molar-refractivity contribution in [3.8, 4) is 11.1 Å². The summed E-state index contributed by atoms with van der Waals surface area (Å²) in [5, 5.41) is 10.5. The highest BCUT2D eigenvalue weighted by molar-refractivity contribution is 6.27. The molecule has 0 unspecified atom stereocenters. The van der Waals surface area contributed by atoms with Crippen LogP contribution in [0, 0.1) is 6.92 Å². The van der Waals surface area contributed by atoms with Gasteiger partial charge in [0, 0.05) is 18.3 Å². The number of nitrogens with one attached hydrogen (secondary N) is 1. The fourth-order valence-corrected chi connectivity index (χ4v) is 4.76. The van der Waals surface area contributed by atoms with Crippen LogP contribution in [0.3, 0.4) is 0 Å². The van der Waals surface area contributed by atoms with Crippen LogP contribution in [0.1, 0.15) is 47.3 Å². The molecule has 2 heterocycles. The number of amidine groups is 1. The molecular weight excluding hydrogens is 481 g/mol. The molecule has 5 rings (SSSR count). The van der Waals surface area contributed by atoms with Crippen molar-refractivity contribution in [2.24, 2.45) is 10.2 Å². The summed E-state index contributed by atoms with van der Waals surface area (Å²) in [5.41, 5.74) is 1.03. The molecule has 0 spiro atoms. The number of rotatable bonds is 3. The topological polar surface area (TPSA) is 74.1 Å². The highest BCUT2D eigenvalue weighted by atomic mass is 19.4. The third kappa shape index (κ3) is 4.20. The number of hydrogen-bond acceptors (Lipinski definition) is 4. The predicted octanol–water partition coefficient (Wildman–Crippen LogP) is 6.35. The minimum atomic E-state index is -4.73. The maximum Gasteiger partial charge on any atom is 0.417 e. The van der Waals surface area contributed by atoms with Gasteiger partial charge in [0.05, 0.1) is 22.2 Å². The van der Waals surface area contributed by atoms with Crippen molar-refractivity contribution in [1.29, 1.82) is 0 Å². The zero-order valence-corrected chi connectivity index (χ0v) is 20.3. The summed E-state index contributed by atoms with van der Waals surface area (Å²) >= 11 is 0. The van der Waals surface area contributed by atoms with Gasteiger partial charge < -0.3 is 5.32 Å². The zero-order chi connectivity index (χ0) is 26.5. The minimum absolute atomic E-state index is 0.205. The largest absolute Gasteiger partial charge is 0.417 e. The van der Waals surface area contributed by atoms with E-state index in [2.05, 4.69) is 15.5 Å². The molecule has 3 aromatic carbocycles. The summed E-state index contributed by atoms with van der Waals surface area (Å²) in [6.07, 6.45) is -2.73. The smallest absolute Gasteiger partial charge is 0.322 e. The Morgan fingerprint density at radius 3 is 2.43 bits per heavy atom. The summed E-state index contributed by atoms with van der Waals surface area (Å²) < 4.78 is 41.7. The molecular formula is C28H23F3N4O2. The van der Waals surface area contributed by atoms with Crippen LogP contribution in [0.4, 0.5) is 24.5 Å². The van der Waals surface area contributed by atoms with Crippen LogP contribution in [0.15, 0.2) is 70.9 Å². The number of benzene rings is 3. The lowest BCUT2D eigenvalue weighted by molar-refractivity contribution is -0.137. The molecule has 0 aromatic heterocycles. The first-order valence-corrected chi connectivity index (χ1v) is 11.6. The van der Waals surface area contributed by atoms with Crippen LogP contribution < -0.4 is 10.2 Å². The number of anilines is 2. The normalized spacial score (nSPS) is 16.1. The first-order valence-electron chi connectivity index (χ1n) is 11.6. The van der Waals surface area contributed by atoms with Crippen molar-refractivity contribution in [1.82, 2.24) is 0 Å². The molecule has 0 radical (unpaired) electrons. The number of nitrogens with zero attached hydrogens (tertiary/aromatic N) is 3. The Balaban J connectivity index is 1.63. The van der Waals surface area contributed by atoms with Crippen molar-refractivity contribution in [2.75, 3.05) is 10.2 Å². The fraction of sp³-hybridized carbons (Fsp3) is 0.214. The van der Waals surface area contributed by atoms with E-state index in [1.165, 1.54) is 17.0 Å². The number of carbonyl (C=O) groups is 2. The molecule has 0 saturated carbocycles. The van der Waals surface area contributed by atoms with Crippen molar-refractivity contribution >= 4 is 35.2 Å². The van der Waals surface area contributed by atoms with Crippen LogP contribution in [-0.2, 0) is 16.4 Å². The van der Waals surface area contributed by atoms with Gasteiger partial charge in [-0.05, 0) is 67.8 Å². The van der Waals surface area contributed by atoms with Crippen LogP contribution in [0.2, 0.25) is 0 Å². The summed E-state index contributed by atoms with van der Waals surface area (Å²) in [4.78, 5) is 28.0. The Morgan fingerprint density at radius 1 is 1.05 bits per heavy atom. The van der Waals surface area contributed by atoms with Crippen LogP contribution >= 0.6 is 0 Å². The van der Waals surface area contributed by atoms with Gasteiger partial charge in [-0.15, -0.1) is 5.10 Å². The predicted molar refractivity (Wildman–Crippen MR) is 137 cm³/mol. The lowest BCUT2D eigenvalue weighted by Gasteiger charge is -2.21. The van der Waals surface area contributed by atoms with Gasteiger partial charge in [0.25, 0.3) is 5.91 Å². The van der Waals surface area contributed by atoms with Gasteiger partial charge >= 0.3 is 6.18 Å². The number of alkyl halides is 3. The molecule has 2 aliphatic rings. The lowest BCUT2D eigenvalue weighted by Crippen LogP contribution is -2.39. The van der Waals surface area contributed by atoms with Crippen LogP contribution in [0.25, 0.3) is 11.1 Å². The monoisotopic (exact) mass is 504 g/mol. The molecule has 0 saturated heterocycles. The van der Waals surface area contributed by atoms with Crippen molar-refractivity contribution < 1.29 is 22.8 Å². The summed E-state index contributed by atoms with van der Waals surface area (Å²) in [6.45, 7) is 5.40. The molecule has 9 heteroatoms. The van der Waals surface area contributed by atoms with Gasteiger partial charge in [0.15, 0.2) is 0 Å². The molecule has 0 bridgehead atoms. The molecule has 2 aliphatic heterocycles. The molecule has 1 N–H and O–H groups in total. The molecule has 2 amide bonds. The van der Waals surface area contributed by atoms with Gasteiger partial charge in [-0.1, -0.05) is 35.9 Å². The molecule has 3 aromatic rings. The Labute approximate surface area is 211 Å². The highest BCUT2D eigenvalue weighted by Crippen LogP contribution is 2.48. The van der Waals surface area contributed by atoms with Crippen LogP contribution in [-0.4, -0.2) is 23.9 Å². The molecule has 0 fully saturated rings. The highest BCUT2D eigenvalue weighted by Gasteiger charge is 2.47. The second kappa shape index (κ2) is 8.69. The number of aryl methyl sites for hydroxylation is 1. The van der Waals surface area contributed by atoms with Crippen molar-refractivity contribution in [3.05, 3.63) is 82.9 Å². The number of halogens is 3. The first kappa shape index (κ1) is 24.4. The average molecular weight is 505 g/mol. The Kier molecular flexibility index (Phi) is 5.73. The standard InChI is InChI=1S/C28H23F3N4O2/c1-16-7-10-18(11-8-16)33-25(36)20-15-17(9-12-21(20)28(29,30)31)19-5-4-6-22-24(19)27(2,3)26(37)35(22)23-13-14-32-34-23/h4-12,14-15H,13H2,1-3H3,(H,33,36). The van der Waals surface area contributed by atoms with E-state index in [1.54, 1.807) is 62.5 Å². The zero-order valence-electron chi connectivity index (χ0n) is 20.3. The first-order chi connectivity index (χ1) is 17.5. The second-order valence-electron chi connectivity index (χ2n) is 9.56. The SMILES string of the molecule is Cc1ccc(NC(=O)c2cc(-c3cccc4c3C(C)(C)C(=O)N4C3=NN=CC3)ccc2C(F)(F)F)cc1. The Hall–Kier alpha value is -4.27. The van der Waals surface area contributed by atoms with E-state index in [-0.39, 0.29) is 5.91 Å². The van der Waals surface area contributed by atoms with Crippen molar-refractivity contribution in [3.63, 3.8) is 0 Å². The second-order valence-corrected chi connectivity index (χ2v) is 9.56. The summed E-state index contributed by atoms with van der Waals surface area (Å²) in [5.74, 6) is -0.594. The van der Waals surface area contributed by atoms with Gasteiger partial charge in [-0.2, -0.15) is 18.3 Å². The number of carbonyl (C=O) groups excluding carboxylic acids is 2. The van der Waals surface area contributed by atoms with Gasteiger partial charge in [-0.3, -0.25) is 14.5 Å². The van der Waals surface area contributed by atoms with E-state index in [1.807, 2.05) is 6.92 Å². The third-order valence-electron chi connectivity index (χ3n) is 6.62. The van der Waals surface area contributed by atoms with E-state index in [9.17, 15) is 22.8 Å². The minimum Gasteiger partial charge on any atom is -0.322 e. The Bertz CT molecular complexity index is 1490. The number of amides is 2. The number of fused-ring (bicyclic) bond motifs is 1. The van der Waals surface area contributed by atoms with E-state index in [0.717, 1.165) is 11.6 Å². The quantitative estimate of drug-likeness (QED) is 0.452. The maximum atomic E-state index is 13.9. The molecule has 188 valence electrons. The number of hydrogen-bond donors (Lipinski definition) is 1. The Morgan fingerprint density at radius 2 is 1.78 bits per heavy atom. The van der Waals surface area contributed by atoms with Gasteiger partial charge in [-0.25, -0.2) is 0 Å². The molecule has 6 nitrogen and oxygen atoms in total. The summed E-state index contributed by atoms with van der Waals surface area (Å²) in [6, 6.07) is 15.5. The lowest BCUT2D eigenvalue weighted by atomic mass is 9.81. The third-order valence-corrected chi connectivity index (χ3v) is 6.62. The van der Waals surface area contributed by atoms with Crippen molar-refractivity contribution in [2.45, 2.75) is 38.8 Å². The van der Waals surface area contributed by atoms with Gasteiger partial charge in [0.1, 0.15) is 5.84 Å². The van der Waals surface area contributed by atoms with E-state index >= 15 is 0 Å². The van der Waals surface area contributed by atoms with Crippen LogP contribution in [0.5, 0.6) is 0 Å².